The molecule has 0 saturated carbocycles. The maximum atomic E-state index is 12.1. The lowest BCUT2D eigenvalue weighted by Crippen LogP contribution is -2.29. The van der Waals surface area contributed by atoms with Crippen LogP contribution in [0.5, 0.6) is 0 Å². The van der Waals surface area contributed by atoms with E-state index in [-0.39, 0.29) is 0 Å². The van der Waals surface area contributed by atoms with E-state index in [0.717, 1.165) is 27.2 Å². The number of aliphatic hydroxyl groups excluding tert-OH is 1. The number of esters is 1. The molecule has 0 bridgehead atoms. The van der Waals surface area contributed by atoms with Crippen LogP contribution in [-0.2, 0) is 21.5 Å². The molecule has 2 N–H and O–H groups in total. The lowest BCUT2D eigenvalue weighted by Gasteiger charge is -2.13. The van der Waals surface area contributed by atoms with E-state index in [2.05, 4.69) is 0 Å². The largest absolute Gasteiger partial charge is 0.493 e. The molecule has 204 valence electrons. The standard InChI is InChI=1S/C28H22Cl2N4O5S/c1-39-28(36)20-7-2-19(3-8-20)15-33-16-25(23-12-9-21(29)14-24(23)30)31-26(33)13-6-18-4-10-22(11-5-18)34-17-27(35)32-40(34,37)38/h2-14,16-17,32,35H,15H2,1H3. The summed E-state index contributed by atoms with van der Waals surface area (Å²) in [5.41, 5.74) is 3.93. The van der Waals surface area contributed by atoms with Crippen LogP contribution in [0.2, 0.25) is 10.0 Å². The number of hydrogen-bond donors (Lipinski definition) is 2. The molecular formula is C28H22Cl2N4O5S. The molecule has 0 saturated heterocycles. The summed E-state index contributed by atoms with van der Waals surface area (Å²) in [4.78, 5) is 16.6. The molecule has 0 unspecified atom stereocenters. The van der Waals surface area contributed by atoms with Gasteiger partial charge in [0.15, 0.2) is 0 Å². The van der Waals surface area contributed by atoms with E-state index in [1.807, 2.05) is 45.8 Å². The Bertz CT molecular complexity index is 1750. The van der Waals surface area contributed by atoms with Gasteiger partial charge in [-0.25, -0.2) is 18.8 Å². The predicted molar refractivity (Wildman–Crippen MR) is 155 cm³/mol. The molecule has 0 fully saturated rings. The van der Waals surface area contributed by atoms with Crippen molar-refractivity contribution in [1.29, 1.82) is 0 Å². The number of anilines is 1. The molecule has 1 aliphatic rings. The average Bonchev–Trinajstić information content (AvgIpc) is 3.45. The third-order valence-corrected chi connectivity index (χ3v) is 7.90. The topological polar surface area (TPSA) is 114 Å². The van der Waals surface area contributed by atoms with Gasteiger partial charge in [0, 0.05) is 23.3 Å². The quantitative estimate of drug-likeness (QED) is 0.258. The highest BCUT2D eigenvalue weighted by Crippen LogP contribution is 2.31. The van der Waals surface area contributed by atoms with Gasteiger partial charge in [-0.05, 0) is 59.7 Å². The lowest BCUT2D eigenvalue weighted by molar-refractivity contribution is 0.0600. The Hall–Kier alpha value is -4.25. The SMILES string of the molecule is COC(=O)c1ccc(Cn2cc(-c3ccc(Cl)cc3Cl)nc2C=Cc2ccc(N3C=C(O)NS3(=O)=O)cc2)cc1. The first-order valence-electron chi connectivity index (χ1n) is 11.8. The summed E-state index contributed by atoms with van der Waals surface area (Å²) >= 11 is 12.5. The Morgan fingerprint density at radius 3 is 2.40 bits per heavy atom. The zero-order chi connectivity index (χ0) is 28.4. The number of halogens is 2. The first-order chi connectivity index (χ1) is 19.1. The molecule has 40 heavy (non-hydrogen) atoms. The van der Waals surface area contributed by atoms with Crippen LogP contribution in [0.4, 0.5) is 5.69 Å². The van der Waals surface area contributed by atoms with Gasteiger partial charge in [-0.1, -0.05) is 53.5 Å². The van der Waals surface area contributed by atoms with Crippen LogP contribution in [-0.4, -0.2) is 36.2 Å². The number of ether oxygens (including phenoxy) is 1. The van der Waals surface area contributed by atoms with Gasteiger partial charge in [-0.15, -0.1) is 0 Å². The maximum Gasteiger partial charge on any atom is 0.337 e. The van der Waals surface area contributed by atoms with E-state index in [1.165, 1.54) is 7.11 Å². The number of carbonyl (C=O) groups is 1. The summed E-state index contributed by atoms with van der Waals surface area (Å²) in [5.74, 6) is -0.219. The molecule has 12 heteroatoms. The van der Waals surface area contributed by atoms with Crippen molar-refractivity contribution in [3.63, 3.8) is 0 Å². The van der Waals surface area contributed by atoms with E-state index in [0.29, 0.717) is 39.4 Å². The third-order valence-electron chi connectivity index (χ3n) is 6.05. The van der Waals surface area contributed by atoms with Gasteiger partial charge in [0.1, 0.15) is 5.82 Å². The van der Waals surface area contributed by atoms with Crippen LogP contribution in [0.25, 0.3) is 23.4 Å². The molecule has 3 aromatic carbocycles. The number of imidazole rings is 1. The van der Waals surface area contributed by atoms with E-state index in [4.69, 9.17) is 32.9 Å². The summed E-state index contributed by atoms with van der Waals surface area (Å²) in [6.07, 6.45) is 6.67. The minimum atomic E-state index is -3.87. The van der Waals surface area contributed by atoms with Crippen molar-refractivity contribution in [2.45, 2.75) is 6.54 Å². The first-order valence-corrected chi connectivity index (χ1v) is 14.0. The summed E-state index contributed by atoms with van der Waals surface area (Å²) in [6.45, 7) is 0.466. The van der Waals surface area contributed by atoms with Crippen molar-refractivity contribution < 1.29 is 23.1 Å². The fourth-order valence-corrected chi connectivity index (χ4v) is 5.64. The van der Waals surface area contributed by atoms with Gasteiger partial charge in [-0.2, -0.15) is 8.42 Å². The lowest BCUT2D eigenvalue weighted by atomic mass is 10.1. The fourth-order valence-electron chi connectivity index (χ4n) is 4.08. The zero-order valence-corrected chi connectivity index (χ0v) is 23.3. The van der Waals surface area contributed by atoms with Gasteiger partial charge in [-0.3, -0.25) is 0 Å². The van der Waals surface area contributed by atoms with Crippen molar-refractivity contribution >= 4 is 57.2 Å². The van der Waals surface area contributed by atoms with Crippen LogP contribution in [0.15, 0.2) is 85.0 Å². The highest BCUT2D eigenvalue weighted by molar-refractivity contribution is 7.91. The number of methoxy groups -OCH3 is 1. The monoisotopic (exact) mass is 596 g/mol. The van der Waals surface area contributed by atoms with Crippen LogP contribution >= 0.6 is 23.2 Å². The van der Waals surface area contributed by atoms with Crippen LogP contribution < -0.4 is 9.03 Å². The number of nitrogens with zero attached hydrogens (tertiary/aromatic N) is 3. The van der Waals surface area contributed by atoms with Gasteiger partial charge in [0.2, 0.25) is 5.88 Å². The number of aliphatic hydroxyl groups is 1. The molecule has 0 spiro atoms. The van der Waals surface area contributed by atoms with Gasteiger partial charge >= 0.3 is 16.2 Å². The van der Waals surface area contributed by atoms with Crippen LogP contribution in [0, 0.1) is 0 Å². The molecular weight excluding hydrogens is 575 g/mol. The molecule has 0 radical (unpaired) electrons. The van der Waals surface area contributed by atoms with Crippen molar-refractivity contribution in [2.24, 2.45) is 0 Å². The Morgan fingerprint density at radius 1 is 1.05 bits per heavy atom. The number of rotatable bonds is 7. The molecule has 0 aliphatic carbocycles. The second kappa shape index (κ2) is 11.1. The number of aromatic nitrogens is 2. The van der Waals surface area contributed by atoms with E-state index in [1.54, 1.807) is 48.5 Å². The summed E-state index contributed by atoms with van der Waals surface area (Å²) < 4.78 is 33.9. The van der Waals surface area contributed by atoms with Crippen molar-refractivity contribution in [2.75, 3.05) is 11.4 Å². The second-order valence-corrected chi connectivity index (χ2v) is 11.2. The van der Waals surface area contributed by atoms with E-state index >= 15 is 0 Å². The minimum Gasteiger partial charge on any atom is -0.493 e. The van der Waals surface area contributed by atoms with Crippen molar-refractivity contribution in [3.8, 4) is 11.3 Å². The van der Waals surface area contributed by atoms with Crippen LogP contribution in [0.1, 0.15) is 27.3 Å². The van der Waals surface area contributed by atoms with E-state index < -0.39 is 22.1 Å². The summed E-state index contributed by atoms with van der Waals surface area (Å²) in [5, 5.41) is 10.5. The highest BCUT2D eigenvalue weighted by Gasteiger charge is 2.28. The molecule has 9 nitrogen and oxygen atoms in total. The van der Waals surface area contributed by atoms with Crippen molar-refractivity contribution in [1.82, 2.24) is 14.3 Å². The Balaban J connectivity index is 1.45. The maximum absolute atomic E-state index is 12.1. The molecule has 0 amide bonds. The fraction of sp³-hybridized carbons (Fsp3) is 0.0714. The number of hydrogen-bond acceptors (Lipinski definition) is 6. The third kappa shape index (κ3) is 5.84. The smallest absolute Gasteiger partial charge is 0.337 e. The molecule has 1 aromatic heterocycles. The molecule has 1 aliphatic heterocycles. The first kappa shape index (κ1) is 27.3. The van der Waals surface area contributed by atoms with Gasteiger partial charge in [0.25, 0.3) is 0 Å². The number of benzene rings is 3. The Morgan fingerprint density at radius 2 is 1.77 bits per heavy atom. The normalized spacial score (nSPS) is 14.3. The highest BCUT2D eigenvalue weighted by atomic mass is 35.5. The van der Waals surface area contributed by atoms with Crippen LogP contribution in [0.3, 0.4) is 0 Å². The Kier molecular flexibility index (Phi) is 7.57. The molecule has 2 heterocycles. The minimum absolute atomic E-state index is 0.366. The molecule has 4 aromatic rings. The molecule has 0 atom stereocenters. The zero-order valence-electron chi connectivity index (χ0n) is 21.0. The second-order valence-electron chi connectivity index (χ2n) is 8.77. The number of nitrogens with one attached hydrogen (secondary N) is 1. The summed E-state index contributed by atoms with van der Waals surface area (Å²) in [7, 11) is -2.53. The summed E-state index contributed by atoms with van der Waals surface area (Å²) in [6, 6.07) is 19.1. The van der Waals surface area contributed by atoms with Crippen molar-refractivity contribution in [3.05, 3.63) is 118 Å². The van der Waals surface area contributed by atoms with Gasteiger partial charge < -0.3 is 14.4 Å². The Labute approximate surface area is 240 Å². The number of carbonyl (C=O) groups excluding carboxylic acids is 1. The average molecular weight is 597 g/mol. The predicted octanol–water partition coefficient (Wildman–Crippen LogP) is 5.87. The van der Waals surface area contributed by atoms with E-state index in [9.17, 15) is 18.3 Å². The molecule has 5 rings (SSSR count). The van der Waals surface area contributed by atoms with Gasteiger partial charge in [0.05, 0.1) is 35.3 Å².